The molecule has 1 rings (SSSR count). The van der Waals surface area contributed by atoms with Gasteiger partial charge in [-0.05, 0) is 38.1 Å². The highest BCUT2D eigenvalue weighted by atomic mass is 19.1. The van der Waals surface area contributed by atoms with Gasteiger partial charge in [0.15, 0.2) is 0 Å². The summed E-state index contributed by atoms with van der Waals surface area (Å²) in [5, 5.41) is 12.1. The van der Waals surface area contributed by atoms with Crippen LogP contribution in [0.15, 0.2) is 18.2 Å². The second-order valence-electron chi connectivity index (χ2n) is 3.96. The Kier molecular flexibility index (Phi) is 4.38. The van der Waals surface area contributed by atoms with Gasteiger partial charge >= 0.3 is 0 Å². The molecule has 0 aliphatic carbocycles. The van der Waals surface area contributed by atoms with Crippen molar-refractivity contribution in [1.29, 1.82) is 0 Å². The molecule has 0 amide bonds. The Balaban J connectivity index is 3.14. The summed E-state index contributed by atoms with van der Waals surface area (Å²) in [7, 11) is 0. The maximum absolute atomic E-state index is 13.6. The van der Waals surface area contributed by atoms with E-state index in [0.29, 0.717) is 13.0 Å². The smallest absolute Gasteiger partial charge is 0.128 e. The van der Waals surface area contributed by atoms with Crippen molar-refractivity contribution in [2.24, 2.45) is 0 Å². The molecule has 1 aromatic carbocycles. The summed E-state index contributed by atoms with van der Waals surface area (Å²) < 4.78 is 26.7. The highest BCUT2D eigenvalue weighted by Crippen LogP contribution is 2.27. The Hall–Kier alpha value is -1.00. The quantitative estimate of drug-likeness (QED) is 0.811. The summed E-state index contributed by atoms with van der Waals surface area (Å²) >= 11 is 0. The van der Waals surface area contributed by atoms with Gasteiger partial charge in [-0.2, -0.15) is 0 Å². The van der Waals surface area contributed by atoms with Crippen LogP contribution in [0.2, 0.25) is 0 Å². The Morgan fingerprint density at radius 2 is 2.06 bits per heavy atom. The first-order chi connectivity index (χ1) is 7.53. The van der Waals surface area contributed by atoms with Gasteiger partial charge in [0, 0.05) is 17.7 Å². The van der Waals surface area contributed by atoms with Crippen molar-refractivity contribution in [2.75, 3.05) is 13.2 Å². The summed E-state index contributed by atoms with van der Waals surface area (Å²) in [5.74, 6) is -0.934. The number of aliphatic hydroxyl groups excluding tert-OH is 1. The lowest BCUT2D eigenvalue weighted by Gasteiger charge is -2.31. The monoisotopic (exact) mass is 229 g/mol. The minimum absolute atomic E-state index is 0.0839. The molecule has 0 fully saturated rings. The third kappa shape index (κ3) is 2.77. The van der Waals surface area contributed by atoms with Crippen LogP contribution in [0.1, 0.15) is 25.8 Å². The van der Waals surface area contributed by atoms with E-state index in [-0.39, 0.29) is 12.2 Å². The Morgan fingerprint density at radius 3 is 2.62 bits per heavy atom. The third-order valence-electron chi connectivity index (χ3n) is 2.70. The highest BCUT2D eigenvalue weighted by Gasteiger charge is 2.28. The fraction of sp³-hybridized carbons (Fsp3) is 0.500. The van der Waals surface area contributed by atoms with E-state index in [9.17, 15) is 8.78 Å². The van der Waals surface area contributed by atoms with E-state index in [2.05, 4.69) is 5.32 Å². The molecule has 0 radical (unpaired) electrons. The Morgan fingerprint density at radius 1 is 1.38 bits per heavy atom. The van der Waals surface area contributed by atoms with Gasteiger partial charge in [0.2, 0.25) is 0 Å². The van der Waals surface area contributed by atoms with Crippen molar-refractivity contribution < 1.29 is 13.9 Å². The lowest BCUT2D eigenvalue weighted by atomic mass is 9.88. The molecule has 2 N–H and O–H groups in total. The van der Waals surface area contributed by atoms with E-state index in [1.165, 1.54) is 6.07 Å². The largest absolute Gasteiger partial charge is 0.396 e. The molecule has 0 saturated carbocycles. The Bertz CT molecular complexity index is 349. The predicted molar refractivity (Wildman–Crippen MR) is 59.1 cm³/mol. The number of rotatable bonds is 5. The summed E-state index contributed by atoms with van der Waals surface area (Å²) in [4.78, 5) is 0. The zero-order chi connectivity index (χ0) is 12.2. The Labute approximate surface area is 94.3 Å². The van der Waals surface area contributed by atoms with E-state index >= 15 is 0 Å². The highest BCUT2D eigenvalue weighted by molar-refractivity contribution is 5.26. The van der Waals surface area contributed by atoms with Crippen LogP contribution < -0.4 is 5.32 Å². The van der Waals surface area contributed by atoms with E-state index < -0.39 is 17.2 Å². The number of nitrogens with one attached hydrogen (secondary N) is 1. The van der Waals surface area contributed by atoms with Crippen molar-refractivity contribution >= 4 is 0 Å². The van der Waals surface area contributed by atoms with E-state index in [1.807, 2.05) is 6.92 Å². The fourth-order valence-corrected chi connectivity index (χ4v) is 1.85. The van der Waals surface area contributed by atoms with Crippen molar-refractivity contribution in [3.8, 4) is 0 Å². The molecule has 16 heavy (non-hydrogen) atoms. The minimum atomic E-state index is -0.740. The fourth-order valence-electron chi connectivity index (χ4n) is 1.85. The molecular weight excluding hydrogens is 212 g/mol. The summed E-state index contributed by atoms with van der Waals surface area (Å²) in [5.41, 5.74) is -0.487. The van der Waals surface area contributed by atoms with Gasteiger partial charge in [-0.15, -0.1) is 0 Å². The zero-order valence-electron chi connectivity index (χ0n) is 9.56. The molecule has 0 aliphatic heterocycles. The molecule has 90 valence electrons. The average molecular weight is 229 g/mol. The molecular formula is C12H17F2NO. The standard InChI is InChI=1S/C12H17F2NO/c1-3-15-12(2,6-7-16)10-8-9(13)4-5-11(10)14/h4-5,8,15-16H,3,6-7H2,1-2H3. The van der Waals surface area contributed by atoms with Crippen LogP contribution in [0.4, 0.5) is 8.78 Å². The van der Waals surface area contributed by atoms with E-state index in [1.54, 1.807) is 6.92 Å². The molecule has 2 nitrogen and oxygen atoms in total. The van der Waals surface area contributed by atoms with E-state index in [0.717, 1.165) is 12.1 Å². The maximum atomic E-state index is 13.6. The molecule has 0 spiro atoms. The summed E-state index contributed by atoms with van der Waals surface area (Å²) in [6, 6.07) is 3.37. The van der Waals surface area contributed by atoms with Crippen LogP contribution in [-0.4, -0.2) is 18.3 Å². The number of hydrogen-bond donors (Lipinski definition) is 2. The van der Waals surface area contributed by atoms with Crippen LogP contribution in [-0.2, 0) is 5.54 Å². The van der Waals surface area contributed by atoms with Gasteiger partial charge in [-0.1, -0.05) is 6.92 Å². The second-order valence-corrected chi connectivity index (χ2v) is 3.96. The van der Waals surface area contributed by atoms with E-state index in [4.69, 9.17) is 5.11 Å². The number of halogens is 2. The van der Waals surface area contributed by atoms with Gasteiger partial charge in [0.25, 0.3) is 0 Å². The molecule has 0 saturated heterocycles. The lowest BCUT2D eigenvalue weighted by molar-refractivity contribution is 0.219. The second kappa shape index (κ2) is 5.37. The van der Waals surface area contributed by atoms with Crippen molar-refractivity contribution in [3.63, 3.8) is 0 Å². The predicted octanol–water partition coefficient (Wildman–Crippen LogP) is 2.17. The molecule has 0 aromatic heterocycles. The molecule has 1 aromatic rings. The van der Waals surface area contributed by atoms with Crippen LogP contribution in [0.5, 0.6) is 0 Å². The normalized spacial score (nSPS) is 14.8. The van der Waals surface area contributed by atoms with Crippen molar-refractivity contribution in [3.05, 3.63) is 35.4 Å². The SMILES string of the molecule is CCNC(C)(CCO)c1cc(F)ccc1F. The first-order valence-corrected chi connectivity index (χ1v) is 5.35. The van der Waals surface area contributed by atoms with Crippen LogP contribution in [0.3, 0.4) is 0 Å². The molecule has 4 heteroatoms. The molecule has 1 unspecified atom stereocenters. The van der Waals surface area contributed by atoms with Crippen LogP contribution >= 0.6 is 0 Å². The number of aliphatic hydroxyl groups is 1. The number of benzene rings is 1. The van der Waals surface area contributed by atoms with Crippen molar-refractivity contribution in [2.45, 2.75) is 25.8 Å². The zero-order valence-corrected chi connectivity index (χ0v) is 9.56. The molecule has 0 heterocycles. The van der Waals surface area contributed by atoms with Crippen LogP contribution in [0.25, 0.3) is 0 Å². The summed E-state index contributed by atoms with van der Waals surface area (Å²) in [6.45, 7) is 4.17. The first-order valence-electron chi connectivity index (χ1n) is 5.35. The van der Waals surface area contributed by atoms with Gasteiger partial charge in [-0.25, -0.2) is 8.78 Å². The van der Waals surface area contributed by atoms with Crippen molar-refractivity contribution in [1.82, 2.24) is 5.32 Å². The average Bonchev–Trinajstić information content (AvgIpc) is 2.22. The van der Waals surface area contributed by atoms with Gasteiger partial charge in [0.05, 0.1) is 0 Å². The first kappa shape index (κ1) is 13.1. The molecule has 0 aliphatic rings. The minimum Gasteiger partial charge on any atom is -0.396 e. The maximum Gasteiger partial charge on any atom is 0.128 e. The van der Waals surface area contributed by atoms with Gasteiger partial charge in [-0.3, -0.25) is 0 Å². The third-order valence-corrected chi connectivity index (χ3v) is 2.70. The summed E-state index contributed by atoms with van der Waals surface area (Å²) in [6.07, 6.45) is 0.335. The van der Waals surface area contributed by atoms with Gasteiger partial charge < -0.3 is 10.4 Å². The van der Waals surface area contributed by atoms with Crippen LogP contribution in [0, 0.1) is 11.6 Å². The topological polar surface area (TPSA) is 32.3 Å². The van der Waals surface area contributed by atoms with Gasteiger partial charge in [0.1, 0.15) is 11.6 Å². The molecule has 1 atom stereocenters. The molecule has 0 bridgehead atoms. The number of hydrogen-bond acceptors (Lipinski definition) is 2. The lowest BCUT2D eigenvalue weighted by Crippen LogP contribution is -2.41.